The number of rotatable bonds is 1. The highest BCUT2D eigenvalue weighted by atomic mass is 32.4. The summed E-state index contributed by atoms with van der Waals surface area (Å²) in [6, 6.07) is 34.8. The number of fused-ring (bicyclic) bond motifs is 10. The second-order valence-electron chi connectivity index (χ2n) is 8.15. The van der Waals surface area contributed by atoms with Crippen LogP contribution in [0.2, 0.25) is 0 Å². The minimum absolute atomic E-state index is 1.17. The Kier molecular flexibility index (Phi) is 3.48. The van der Waals surface area contributed by atoms with Gasteiger partial charge in [0.2, 0.25) is 0 Å². The Hall–Kier alpha value is -3.19. The molecule has 0 spiro atoms. The van der Waals surface area contributed by atoms with Crippen LogP contribution in [-0.4, -0.2) is 4.98 Å². The highest BCUT2D eigenvalue weighted by Gasteiger charge is 2.39. The molecule has 1 atom stereocenters. The van der Waals surface area contributed by atoms with Gasteiger partial charge >= 0.3 is 0 Å². The molecule has 0 aliphatic carbocycles. The number of H-pyrrole nitrogens is 1. The molecule has 146 valence electrons. The van der Waals surface area contributed by atoms with Crippen molar-refractivity contribution in [2.75, 3.05) is 0 Å². The molecule has 1 aliphatic heterocycles. The van der Waals surface area contributed by atoms with E-state index < -0.39 is 6.04 Å². The third-order valence-electron chi connectivity index (χ3n) is 6.59. The van der Waals surface area contributed by atoms with E-state index in [1.54, 1.807) is 0 Å². The van der Waals surface area contributed by atoms with Gasteiger partial charge in [0.15, 0.2) is 0 Å². The Bertz CT molecular complexity index is 1710. The van der Waals surface area contributed by atoms with Gasteiger partial charge in [-0.05, 0) is 27.7 Å². The molecule has 0 saturated carbocycles. The lowest BCUT2D eigenvalue weighted by Crippen LogP contribution is -2.21. The maximum Gasteiger partial charge on any atom is 0.0569 e. The summed E-state index contributed by atoms with van der Waals surface area (Å²) in [6.07, 6.45) is 0. The average Bonchev–Trinajstić information content (AvgIpc) is 3.35. The van der Waals surface area contributed by atoms with Gasteiger partial charge in [0, 0.05) is 38.5 Å². The van der Waals surface area contributed by atoms with Crippen LogP contribution in [0.15, 0.2) is 103 Å². The second kappa shape index (κ2) is 6.17. The number of hydrogen-bond donors (Lipinski definition) is 1. The van der Waals surface area contributed by atoms with Crippen molar-refractivity contribution in [1.82, 2.24) is 4.98 Å². The summed E-state index contributed by atoms with van der Waals surface area (Å²) in [5, 5.41) is 9.03. The molecule has 3 heteroatoms. The first-order valence-corrected chi connectivity index (χ1v) is 13.3. The second-order valence-corrected chi connectivity index (χ2v) is 12.5. The van der Waals surface area contributed by atoms with E-state index in [4.69, 9.17) is 11.8 Å². The quantitative estimate of drug-likeness (QED) is 0.306. The van der Waals surface area contributed by atoms with Crippen LogP contribution in [0.5, 0.6) is 0 Å². The number of aromatic nitrogens is 1. The van der Waals surface area contributed by atoms with E-state index in [0.29, 0.717) is 0 Å². The lowest BCUT2D eigenvalue weighted by atomic mass is 9.95. The molecule has 0 radical (unpaired) electrons. The number of nitrogens with one attached hydrogen (secondary N) is 1. The Labute approximate surface area is 185 Å². The molecule has 1 nitrogen and oxygen atoms in total. The van der Waals surface area contributed by atoms with Crippen LogP contribution >= 0.6 is 6.04 Å². The summed E-state index contributed by atoms with van der Waals surface area (Å²) in [4.78, 5) is 3.79. The minimum atomic E-state index is -2.21. The molecule has 6 aromatic rings. The van der Waals surface area contributed by atoms with E-state index in [9.17, 15) is 0 Å². The average molecular weight is 432 g/mol. The summed E-state index contributed by atoms with van der Waals surface area (Å²) in [5.74, 6) is 0. The van der Waals surface area contributed by atoms with Crippen molar-refractivity contribution in [2.24, 2.45) is 0 Å². The fourth-order valence-electron chi connectivity index (χ4n) is 5.34. The zero-order valence-corrected chi connectivity index (χ0v) is 18.4. The highest BCUT2D eigenvalue weighted by Crippen LogP contribution is 2.56. The monoisotopic (exact) mass is 431 g/mol. The maximum atomic E-state index is 6.73. The molecular weight excluding hydrogens is 413 g/mol. The van der Waals surface area contributed by atoms with Crippen LogP contribution in [0, 0.1) is 0 Å². The molecular formula is C28H18NPS. The summed E-state index contributed by atoms with van der Waals surface area (Å²) in [5.41, 5.74) is 4.98. The molecule has 7 rings (SSSR count). The van der Waals surface area contributed by atoms with Crippen molar-refractivity contribution in [3.63, 3.8) is 0 Å². The van der Waals surface area contributed by atoms with Crippen LogP contribution < -0.4 is 15.9 Å². The number of hydrogen-bond acceptors (Lipinski definition) is 1. The first-order chi connectivity index (χ1) is 15.3. The minimum Gasteiger partial charge on any atom is -0.354 e. The fourth-order valence-corrected chi connectivity index (χ4v) is 9.96. The Morgan fingerprint density at radius 3 is 2.10 bits per heavy atom. The summed E-state index contributed by atoms with van der Waals surface area (Å²) < 4.78 is 0. The van der Waals surface area contributed by atoms with Gasteiger partial charge in [-0.2, -0.15) is 0 Å². The zero-order valence-electron chi connectivity index (χ0n) is 16.7. The largest absolute Gasteiger partial charge is 0.354 e. The van der Waals surface area contributed by atoms with Crippen molar-refractivity contribution < 1.29 is 0 Å². The Morgan fingerprint density at radius 1 is 0.613 bits per heavy atom. The van der Waals surface area contributed by atoms with E-state index in [-0.39, 0.29) is 0 Å². The lowest BCUT2D eigenvalue weighted by Gasteiger charge is -2.21. The van der Waals surface area contributed by atoms with Crippen molar-refractivity contribution in [1.29, 1.82) is 0 Å². The van der Waals surface area contributed by atoms with Gasteiger partial charge in [0.05, 0.1) is 5.52 Å². The van der Waals surface area contributed by atoms with E-state index in [1.165, 1.54) is 59.6 Å². The summed E-state index contributed by atoms with van der Waals surface area (Å²) in [7, 11) is 0. The predicted octanol–water partition coefficient (Wildman–Crippen LogP) is 6.21. The van der Waals surface area contributed by atoms with Crippen LogP contribution in [0.1, 0.15) is 0 Å². The van der Waals surface area contributed by atoms with Crippen LogP contribution in [0.3, 0.4) is 0 Å². The van der Waals surface area contributed by atoms with Crippen LogP contribution in [-0.2, 0) is 11.8 Å². The van der Waals surface area contributed by atoms with Gasteiger partial charge in [-0.25, -0.2) is 0 Å². The van der Waals surface area contributed by atoms with E-state index >= 15 is 0 Å². The molecule has 5 aromatic carbocycles. The van der Waals surface area contributed by atoms with Crippen LogP contribution in [0.25, 0.3) is 43.7 Å². The first kappa shape index (κ1) is 17.5. The van der Waals surface area contributed by atoms with Crippen LogP contribution in [0.4, 0.5) is 0 Å². The number of para-hydroxylation sites is 1. The topological polar surface area (TPSA) is 15.8 Å². The normalized spacial score (nSPS) is 17.3. The van der Waals surface area contributed by atoms with Crippen molar-refractivity contribution >= 4 is 66.3 Å². The molecule has 1 unspecified atom stereocenters. The van der Waals surface area contributed by atoms with E-state index in [1.807, 2.05) is 0 Å². The molecule has 1 aliphatic rings. The molecule has 0 fully saturated rings. The predicted molar refractivity (Wildman–Crippen MR) is 138 cm³/mol. The van der Waals surface area contributed by atoms with Crippen molar-refractivity contribution in [3.8, 4) is 11.1 Å². The fraction of sp³-hybridized carbons (Fsp3) is 0. The number of aromatic amines is 1. The molecule has 0 saturated heterocycles. The number of benzene rings is 5. The Balaban J connectivity index is 1.81. The van der Waals surface area contributed by atoms with E-state index in [2.05, 4.69) is 108 Å². The first-order valence-electron chi connectivity index (χ1n) is 10.5. The lowest BCUT2D eigenvalue weighted by molar-refractivity contribution is 1.56. The van der Waals surface area contributed by atoms with Gasteiger partial charge in [-0.15, -0.1) is 0 Å². The molecule has 2 heterocycles. The standard InChI is InChI=1S/C28H18NPS/c31-30(18-10-2-1-3-11-18)24-17-9-7-15-22(24)26-20-13-5-4-12-19(20)25-21-14-6-8-16-23(21)29-27(25)28(26)30/h1-17,29H. The van der Waals surface area contributed by atoms with Crippen molar-refractivity contribution in [3.05, 3.63) is 103 Å². The molecule has 1 aromatic heterocycles. The molecule has 31 heavy (non-hydrogen) atoms. The van der Waals surface area contributed by atoms with Gasteiger partial charge in [-0.3, -0.25) is 0 Å². The summed E-state index contributed by atoms with van der Waals surface area (Å²) >= 11 is 6.73. The summed E-state index contributed by atoms with van der Waals surface area (Å²) in [6.45, 7) is 0. The van der Waals surface area contributed by atoms with Gasteiger partial charge in [-0.1, -0.05) is 109 Å². The molecule has 0 bridgehead atoms. The third kappa shape index (κ3) is 2.14. The zero-order chi connectivity index (χ0) is 20.6. The Morgan fingerprint density at radius 2 is 1.26 bits per heavy atom. The third-order valence-corrected chi connectivity index (χ3v) is 11.5. The van der Waals surface area contributed by atoms with Gasteiger partial charge in [0.25, 0.3) is 0 Å². The molecule has 1 N–H and O–H groups in total. The molecule has 0 amide bonds. The van der Waals surface area contributed by atoms with Crippen molar-refractivity contribution in [2.45, 2.75) is 0 Å². The SMILES string of the molecule is S=P1(c2ccccc2)c2ccccc2-c2c1c1[nH]c3ccccc3c1c1ccccc21. The van der Waals surface area contributed by atoms with E-state index in [0.717, 1.165) is 0 Å². The van der Waals surface area contributed by atoms with Gasteiger partial charge < -0.3 is 4.98 Å². The highest BCUT2D eigenvalue weighted by molar-refractivity contribution is 8.26. The van der Waals surface area contributed by atoms with Gasteiger partial charge in [0.1, 0.15) is 0 Å². The smallest absolute Gasteiger partial charge is 0.0569 e. The maximum absolute atomic E-state index is 6.73.